The first-order chi connectivity index (χ1) is 9.21. The molecule has 2 fully saturated rings. The molecule has 9 radical (unpaired) electrons. The zero-order valence-corrected chi connectivity index (χ0v) is 11.8. The van der Waals surface area contributed by atoms with Crippen LogP contribution in [0.1, 0.15) is 32.6 Å². The maximum atomic E-state index is 12.3. The summed E-state index contributed by atoms with van der Waals surface area (Å²) in [4.78, 5) is 24.1. The van der Waals surface area contributed by atoms with E-state index in [1.54, 1.807) is 7.28 Å². The highest BCUT2D eigenvalue weighted by molar-refractivity contribution is 6.70. The third-order valence-corrected chi connectivity index (χ3v) is 4.87. The molecular weight excluding hydrogens is 244 g/mol. The molecule has 0 aromatic carbocycles. The van der Waals surface area contributed by atoms with E-state index in [1.807, 2.05) is 0 Å². The third-order valence-electron chi connectivity index (χ3n) is 4.87. The number of amides is 2. The topological polar surface area (TPSA) is 46.2 Å². The van der Waals surface area contributed by atoms with Crippen molar-refractivity contribution < 1.29 is 9.59 Å². The molecule has 0 bridgehead atoms. The fourth-order valence-electron chi connectivity index (χ4n) is 3.32. The first-order valence-electron chi connectivity index (χ1n) is 7.07. The normalized spacial score (nSPS) is 34.1. The summed E-state index contributed by atoms with van der Waals surface area (Å²) in [6.45, 7) is 2.11. The standard InChI is InChI=1S/C12H15B5NO2/c1-2-3-4-5-7-6-17-10(7)8(19)18-9(20)11(13,14)12(10,15)16/h7H,2-6H2,1H3,(H,18,19,20). The van der Waals surface area contributed by atoms with Crippen molar-refractivity contribution in [3.05, 3.63) is 0 Å². The quantitative estimate of drug-likeness (QED) is 0.440. The van der Waals surface area contributed by atoms with E-state index >= 15 is 0 Å². The van der Waals surface area contributed by atoms with Gasteiger partial charge in [0, 0.05) is 5.31 Å². The summed E-state index contributed by atoms with van der Waals surface area (Å²) in [5.41, 5.74) is 0. The van der Waals surface area contributed by atoms with E-state index in [9.17, 15) is 9.59 Å². The Morgan fingerprint density at radius 3 is 2.35 bits per heavy atom. The number of hydrogen-bond acceptors (Lipinski definition) is 2. The van der Waals surface area contributed by atoms with Crippen molar-refractivity contribution >= 4 is 50.5 Å². The van der Waals surface area contributed by atoms with Gasteiger partial charge in [-0.3, -0.25) is 14.9 Å². The number of piperidine rings is 1. The molecule has 0 aromatic rings. The number of carbonyl (C=O) groups is 2. The average Bonchev–Trinajstić information content (AvgIpc) is 2.31. The van der Waals surface area contributed by atoms with Gasteiger partial charge in [0.1, 0.15) is 7.28 Å². The van der Waals surface area contributed by atoms with Crippen LogP contribution in [0.25, 0.3) is 0 Å². The summed E-state index contributed by atoms with van der Waals surface area (Å²) in [5.74, 6) is -1.33. The van der Waals surface area contributed by atoms with Crippen LogP contribution in [0.15, 0.2) is 0 Å². The maximum absolute atomic E-state index is 12.3. The lowest BCUT2D eigenvalue weighted by molar-refractivity contribution is -0.139. The average molecular weight is 259 g/mol. The van der Waals surface area contributed by atoms with Crippen molar-refractivity contribution in [3.8, 4) is 0 Å². The minimum Gasteiger partial charge on any atom is -0.297 e. The van der Waals surface area contributed by atoms with Crippen LogP contribution in [0.3, 0.4) is 0 Å². The van der Waals surface area contributed by atoms with E-state index in [4.69, 9.17) is 31.4 Å². The second-order valence-electron chi connectivity index (χ2n) is 6.02. The molecule has 2 atom stereocenters. The van der Waals surface area contributed by atoms with Crippen molar-refractivity contribution in [2.75, 3.05) is 0 Å². The minimum absolute atomic E-state index is 0.0244. The van der Waals surface area contributed by atoms with Gasteiger partial charge < -0.3 is 0 Å². The summed E-state index contributed by atoms with van der Waals surface area (Å²) in [6.07, 6.45) is 4.69. The fourth-order valence-corrected chi connectivity index (χ4v) is 3.32. The van der Waals surface area contributed by atoms with E-state index in [0.29, 0.717) is 0 Å². The Morgan fingerprint density at radius 1 is 1.20 bits per heavy atom. The molecule has 95 valence electrons. The molecule has 2 aliphatic heterocycles. The Balaban J connectivity index is 2.28. The van der Waals surface area contributed by atoms with E-state index in [2.05, 4.69) is 12.2 Å². The van der Waals surface area contributed by atoms with Gasteiger partial charge in [-0.15, -0.1) is 0 Å². The summed E-state index contributed by atoms with van der Waals surface area (Å²) in [7, 11) is 25.5. The minimum atomic E-state index is -1.97. The molecule has 3 nitrogen and oxygen atoms in total. The van der Waals surface area contributed by atoms with Gasteiger partial charge in [0.15, 0.2) is 0 Å². The number of nitrogens with one attached hydrogen (secondary N) is 1. The molecule has 2 amide bonds. The Labute approximate surface area is 126 Å². The van der Waals surface area contributed by atoms with Gasteiger partial charge in [-0.1, -0.05) is 44.1 Å². The highest BCUT2D eigenvalue weighted by Gasteiger charge is 2.67. The van der Waals surface area contributed by atoms with E-state index in [0.717, 1.165) is 32.0 Å². The summed E-state index contributed by atoms with van der Waals surface area (Å²) >= 11 is 0. The van der Waals surface area contributed by atoms with Gasteiger partial charge in [0.25, 0.3) is 0 Å². The fraction of sp³-hybridized carbons (Fsp3) is 0.833. The van der Waals surface area contributed by atoms with Crippen LogP contribution in [-0.2, 0) is 9.59 Å². The molecule has 8 heteroatoms. The molecule has 1 spiro atoms. The van der Waals surface area contributed by atoms with Crippen molar-refractivity contribution in [1.82, 2.24) is 5.32 Å². The number of unbranched alkanes of at least 4 members (excludes halogenated alkanes) is 2. The van der Waals surface area contributed by atoms with Crippen LogP contribution in [0.5, 0.6) is 0 Å². The Hall–Kier alpha value is -0.535. The number of imide groups is 1. The van der Waals surface area contributed by atoms with Gasteiger partial charge in [0.05, 0.1) is 31.4 Å². The van der Waals surface area contributed by atoms with E-state index < -0.39 is 27.6 Å². The second-order valence-corrected chi connectivity index (χ2v) is 6.02. The summed E-state index contributed by atoms with van der Waals surface area (Å²) in [6, 6.07) is 0. The van der Waals surface area contributed by atoms with Gasteiger partial charge in [-0.25, -0.2) is 0 Å². The van der Waals surface area contributed by atoms with Crippen LogP contribution in [0.2, 0.25) is 22.1 Å². The molecule has 1 N–H and O–H groups in total. The van der Waals surface area contributed by atoms with E-state index in [1.165, 1.54) is 0 Å². The monoisotopic (exact) mass is 260 g/mol. The van der Waals surface area contributed by atoms with Crippen LogP contribution < -0.4 is 5.32 Å². The lowest BCUT2D eigenvalue weighted by Gasteiger charge is -2.66. The van der Waals surface area contributed by atoms with Crippen LogP contribution >= 0.6 is 0 Å². The predicted molar refractivity (Wildman–Crippen MR) is 82.4 cm³/mol. The van der Waals surface area contributed by atoms with Crippen molar-refractivity contribution in [2.45, 2.75) is 54.7 Å². The van der Waals surface area contributed by atoms with Gasteiger partial charge >= 0.3 is 0 Å². The predicted octanol–water partition coefficient (Wildman–Crippen LogP) is 0.0405. The molecule has 20 heavy (non-hydrogen) atoms. The Bertz CT molecular complexity index is 440. The Kier molecular flexibility index (Phi) is 3.98. The molecule has 0 aromatic heterocycles. The molecule has 2 unspecified atom stereocenters. The molecule has 2 saturated heterocycles. The Morgan fingerprint density at radius 2 is 1.85 bits per heavy atom. The molecule has 0 aliphatic carbocycles. The smallest absolute Gasteiger partial charge is 0.223 e. The van der Waals surface area contributed by atoms with Crippen molar-refractivity contribution in [3.63, 3.8) is 0 Å². The third kappa shape index (κ3) is 1.86. The van der Waals surface area contributed by atoms with Crippen LogP contribution in [0, 0.1) is 5.92 Å². The lowest BCUT2D eigenvalue weighted by Crippen LogP contribution is -2.69. The zero-order chi connectivity index (χ0) is 15.2. The second kappa shape index (κ2) is 5.03. The SMILES string of the molecule is [B]C1([B])C(=O)NC(=O)C2([B]CC2CCCCC)C1([B])[B]. The molecule has 2 aliphatic rings. The van der Waals surface area contributed by atoms with Gasteiger partial charge in [0.2, 0.25) is 11.8 Å². The van der Waals surface area contributed by atoms with Gasteiger partial charge in [-0.05, 0) is 11.1 Å². The highest BCUT2D eigenvalue weighted by Crippen LogP contribution is 2.71. The first kappa shape index (κ1) is 15.8. The number of rotatable bonds is 4. The van der Waals surface area contributed by atoms with Crippen LogP contribution in [-0.4, -0.2) is 50.5 Å². The largest absolute Gasteiger partial charge is 0.297 e. The lowest BCUT2D eigenvalue weighted by atomic mass is 9.10. The summed E-state index contributed by atoms with van der Waals surface area (Å²) < 4.78 is 0. The number of hydrogen-bond donors (Lipinski definition) is 1. The van der Waals surface area contributed by atoms with Crippen molar-refractivity contribution in [1.29, 1.82) is 0 Å². The zero-order valence-electron chi connectivity index (χ0n) is 11.8. The molecule has 2 rings (SSSR count). The summed E-state index contributed by atoms with van der Waals surface area (Å²) in [5, 5.41) is -2.69. The molecular formula is C12H15B5NO2. The molecule has 0 saturated carbocycles. The number of carbonyl (C=O) groups excluding carboxylic acids is 2. The van der Waals surface area contributed by atoms with Gasteiger partial charge in [-0.2, -0.15) is 0 Å². The van der Waals surface area contributed by atoms with Crippen LogP contribution in [0.4, 0.5) is 0 Å². The molecule has 2 heterocycles. The maximum Gasteiger partial charge on any atom is 0.223 e. The van der Waals surface area contributed by atoms with Crippen molar-refractivity contribution in [2.24, 2.45) is 5.92 Å². The first-order valence-corrected chi connectivity index (χ1v) is 7.07. The van der Waals surface area contributed by atoms with E-state index in [-0.39, 0.29) is 5.92 Å². The highest BCUT2D eigenvalue weighted by atomic mass is 16.2.